The second-order valence-electron chi connectivity index (χ2n) is 14.2. The third-order valence-electron chi connectivity index (χ3n) is 10.9. The molecule has 4 nitrogen and oxygen atoms in total. The second kappa shape index (κ2) is 13.1. The van der Waals surface area contributed by atoms with Crippen molar-refractivity contribution in [1.29, 1.82) is 0 Å². The lowest BCUT2D eigenvalue weighted by atomic mass is 9.95. The van der Waals surface area contributed by atoms with Gasteiger partial charge in [0.05, 0.1) is 33.5 Å². The van der Waals surface area contributed by atoms with Crippen LogP contribution in [0.25, 0.3) is 100 Å². The quantitative estimate of drug-likeness (QED) is 0.172. The van der Waals surface area contributed by atoms with E-state index in [4.69, 9.17) is 9.97 Å². The predicted octanol–water partition coefficient (Wildman–Crippen LogP) is 13.3. The van der Waals surface area contributed by atoms with Crippen LogP contribution >= 0.6 is 0 Å². The molecule has 0 saturated heterocycles. The Morgan fingerprint density at radius 2 is 0.732 bits per heavy atom. The number of rotatable bonds is 6. The van der Waals surface area contributed by atoms with Crippen molar-refractivity contribution in [3.8, 4) is 56.4 Å². The minimum absolute atomic E-state index is 0.700. The Bertz CT molecular complexity index is 3120. The lowest BCUT2D eigenvalue weighted by molar-refractivity contribution is 1.16. The number of benzene rings is 8. The van der Waals surface area contributed by atoms with Crippen LogP contribution in [0.1, 0.15) is 0 Å². The van der Waals surface area contributed by atoms with E-state index in [1.54, 1.807) is 0 Å². The molecule has 0 amide bonds. The van der Waals surface area contributed by atoms with Gasteiger partial charge < -0.3 is 9.13 Å². The summed E-state index contributed by atoms with van der Waals surface area (Å²) in [6.07, 6.45) is 0. The zero-order valence-corrected chi connectivity index (χ0v) is 30.4. The van der Waals surface area contributed by atoms with Crippen LogP contribution in [0, 0.1) is 0 Å². The number of hydrogen-bond acceptors (Lipinski definition) is 2. The maximum Gasteiger partial charge on any atom is 0.160 e. The topological polar surface area (TPSA) is 35.6 Å². The molecule has 3 heterocycles. The first kappa shape index (κ1) is 31.9. The largest absolute Gasteiger partial charge is 0.309 e. The Morgan fingerprint density at radius 3 is 1.34 bits per heavy atom. The van der Waals surface area contributed by atoms with E-state index in [2.05, 4.69) is 191 Å². The third-order valence-corrected chi connectivity index (χ3v) is 10.9. The molecule has 0 bridgehead atoms. The fourth-order valence-corrected chi connectivity index (χ4v) is 8.39. The van der Waals surface area contributed by atoms with Gasteiger partial charge in [-0.3, -0.25) is 0 Å². The molecule has 0 atom stereocenters. The van der Waals surface area contributed by atoms with Crippen molar-refractivity contribution in [2.24, 2.45) is 0 Å². The van der Waals surface area contributed by atoms with Crippen molar-refractivity contribution in [2.45, 2.75) is 0 Å². The highest BCUT2D eigenvalue weighted by atomic mass is 15.0. The lowest BCUT2D eigenvalue weighted by Gasteiger charge is -2.16. The van der Waals surface area contributed by atoms with Crippen LogP contribution in [-0.2, 0) is 0 Å². The van der Waals surface area contributed by atoms with Gasteiger partial charge in [0.2, 0.25) is 0 Å². The SMILES string of the molecule is c1ccc(-c2cc(-c3ccc(-n4c5ccccc5c5cc(-n6c7ccccc7c7ccccc76)ccc54)cc3-c3ccccc3)nc(-c3ccccc3)n2)cc1. The maximum atomic E-state index is 5.23. The molecule has 0 fully saturated rings. The van der Waals surface area contributed by atoms with Gasteiger partial charge in [0, 0.05) is 49.6 Å². The van der Waals surface area contributed by atoms with Gasteiger partial charge in [-0.25, -0.2) is 9.97 Å². The second-order valence-corrected chi connectivity index (χ2v) is 14.2. The fourth-order valence-electron chi connectivity index (χ4n) is 8.39. The van der Waals surface area contributed by atoms with Gasteiger partial charge in [-0.15, -0.1) is 0 Å². The molecule has 0 aliphatic carbocycles. The van der Waals surface area contributed by atoms with Crippen LogP contribution in [-0.4, -0.2) is 19.1 Å². The molecule has 0 aliphatic heterocycles. The van der Waals surface area contributed by atoms with Crippen molar-refractivity contribution in [2.75, 3.05) is 0 Å². The maximum absolute atomic E-state index is 5.23. The zero-order chi connectivity index (χ0) is 37.0. The van der Waals surface area contributed by atoms with Crippen molar-refractivity contribution in [3.05, 3.63) is 206 Å². The van der Waals surface area contributed by atoms with Crippen LogP contribution in [0.15, 0.2) is 206 Å². The molecule has 3 aromatic heterocycles. The van der Waals surface area contributed by atoms with E-state index in [9.17, 15) is 0 Å². The van der Waals surface area contributed by atoms with Crippen LogP contribution in [0.2, 0.25) is 0 Å². The Labute approximate surface area is 324 Å². The molecular formula is C52H34N4. The third kappa shape index (κ3) is 5.23. The average molecular weight is 715 g/mol. The smallest absolute Gasteiger partial charge is 0.160 e. The van der Waals surface area contributed by atoms with E-state index in [1.807, 2.05) is 24.3 Å². The Morgan fingerprint density at radius 1 is 0.286 bits per heavy atom. The summed E-state index contributed by atoms with van der Waals surface area (Å²) in [7, 11) is 0. The van der Waals surface area contributed by atoms with Gasteiger partial charge in [-0.05, 0) is 65.7 Å². The molecule has 8 aromatic carbocycles. The fraction of sp³-hybridized carbons (Fsp3) is 0. The summed E-state index contributed by atoms with van der Waals surface area (Å²) in [6.45, 7) is 0. The molecule has 0 radical (unpaired) electrons. The molecule has 56 heavy (non-hydrogen) atoms. The van der Waals surface area contributed by atoms with Crippen LogP contribution in [0.5, 0.6) is 0 Å². The Kier molecular flexibility index (Phi) is 7.46. The van der Waals surface area contributed by atoms with Gasteiger partial charge >= 0.3 is 0 Å². The first-order valence-electron chi connectivity index (χ1n) is 19.0. The van der Waals surface area contributed by atoms with Crippen molar-refractivity contribution in [1.82, 2.24) is 19.1 Å². The minimum Gasteiger partial charge on any atom is -0.309 e. The number of para-hydroxylation sites is 3. The zero-order valence-electron chi connectivity index (χ0n) is 30.4. The molecule has 11 rings (SSSR count). The number of aromatic nitrogens is 4. The lowest BCUT2D eigenvalue weighted by Crippen LogP contribution is -1.99. The summed E-state index contributed by atoms with van der Waals surface area (Å²) in [5.41, 5.74) is 14.0. The summed E-state index contributed by atoms with van der Waals surface area (Å²) in [5.74, 6) is 0.700. The highest BCUT2D eigenvalue weighted by molar-refractivity contribution is 6.12. The van der Waals surface area contributed by atoms with E-state index in [0.29, 0.717) is 5.82 Å². The molecule has 0 aliphatic rings. The predicted molar refractivity (Wildman–Crippen MR) is 232 cm³/mol. The Balaban J connectivity index is 1.13. The normalized spacial score (nSPS) is 11.6. The van der Waals surface area contributed by atoms with Gasteiger partial charge in [-0.2, -0.15) is 0 Å². The van der Waals surface area contributed by atoms with Gasteiger partial charge in [0.1, 0.15) is 0 Å². The van der Waals surface area contributed by atoms with Crippen LogP contribution < -0.4 is 0 Å². The van der Waals surface area contributed by atoms with Crippen LogP contribution in [0.3, 0.4) is 0 Å². The van der Waals surface area contributed by atoms with Gasteiger partial charge in [0.25, 0.3) is 0 Å². The molecule has 0 spiro atoms. The molecule has 4 heteroatoms. The molecule has 11 aromatic rings. The highest BCUT2D eigenvalue weighted by Gasteiger charge is 2.19. The van der Waals surface area contributed by atoms with Crippen LogP contribution in [0.4, 0.5) is 0 Å². The molecule has 0 saturated carbocycles. The van der Waals surface area contributed by atoms with Crippen molar-refractivity contribution >= 4 is 43.6 Å². The average Bonchev–Trinajstić information content (AvgIpc) is 3.79. The first-order valence-corrected chi connectivity index (χ1v) is 19.0. The van der Waals surface area contributed by atoms with E-state index in [0.717, 1.165) is 61.6 Å². The minimum atomic E-state index is 0.700. The molecule has 0 N–H and O–H groups in total. The van der Waals surface area contributed by atoms with Crippen molar-refractivity contribution < 1.29 is 0 Å². The molecule has 0 unspecified atom stereocenters. The molecule has 262 valence electrons. The molecular weight excluding hydrogens is 681 g/mol. The standard InChI is InChI=1S/C52H34N4/c1-4-16-35(17-5-1)44-32-38(28-30-40(44)47-34-46(36-18-6-2-7-19-36)53-52(54-47)37-20-8-3-9-21-37)56-50-27-15-12-24-43(50)45-33-39(29-31-51(45)56)55-48-25-13-10-22-41(48)42-23-11-14-26-49(42)55/h1-34H. The summed E-state index contributed by atoms with van der Waals surface area (Å²) < 4.78 is 4.80. The summed E-state index contributed by atoms with van der Waals surface area (Å²) in [5, 5.41) is 4.94. The number of hydrogen-bond donors (Lipinski definition) is 0. The van der Waals surface area contributed by atoms with E-state index < -0.39 is 0 Å². The summed E-state index contributed by atoms with van der Waals surface area (Å²) >= 11 is 0. The number of nitrogens with zero attached hydrogens (tertiary/aromatic N) is 4. The van der Waals surface area contributed by atoms with Gasteiger partial charge in [-0.1, -0.05) is 152 Å². The first-order chi connectivity index (χ1) is 27.8. The highest BCUT2D eigenvalue weighted by Crippen LogP contribution is 2.40. The van der Waals surface area contributed by atoms with Gasteiger partial charge in [0.15, 0.2) is 5.82 Å². The van der Waals surface area contributed by atoms with Crippen molar-refractivity contribution in [3.63, 3.8) is 0 Å². The summed E-state index contributed by atoms with van der Waals surface area (Å²) in [6, 6.07) is 73.2. The monoisotopic (exact) mass is 714 g/mol. The Hall–Kier alpha value is -7.56. The summed E-state index contributed by atoms with van der Waals surface area (Å²) in [4.78, 5) is 10.3. The number of fused-ring (bicyclic) bond motifs is 6. The van der Waals surface area contributed by atoms with E-state index in [1.165, 1.54) is 32.6 Å². The van der Waals surface area contributed by atoms with E-state index in [-0.39, 0.29) is 0 Å². The van der Waals surface area contributed by atoms with E-state index >= 15 is 0 Å².